The van der Waals surface area contributed by atoms with E-state index in [4.69, 9.17) is 0 Å². The molecule has 0 bridgehead atoms. The van der Waals surface area contributed by atoms with Crippen LogP contribution in [-0.4, -0.2) is 56.1 Å². The predicted molar refractivity (Wildman–Crippen MR) is 129 cm³/mol. The first-order valence-electron chi connectivity index (χ1n) is 12.0. The van der Waals surface area contributed by atoms with E-state index in [-0.39, 0.29) is 36.7 Å². The Morgan fingerprint density at radius 3 is 2.61 bits per heavy atom. The van der Waals surface area contributed by atoms with Crippen molar-refractivity contribution in [3.63, 3.8) is 0 Å². The highest BCUT2D eigenvalue weighted by Gasteiger charge is 2.40. The number of para-hydroxylation sites is 1. The summed E-state index contributed by atoms with van der Waals surface area (Å²) in [4.78, 5) is 52.6. The fourth-order valence-electron chi connectivity index (χ4n) is 5.52. The summed E-state index contributed by atoms with van der Waals surface area (Å²) in [6.45, 7) is 2.42. The molecule has 3 aliphatic rings. The Kier molecular flexibility index (Phi) is 5.17. The Morgan fingerprint density at radius 1 is 1.00 bits per heavy atom. The first-order chi connectivity index (χ1) is 17.4. The first kappa shape index (κ1) is 22.1. The van der Waals surface area contributed by atoms with Gasteiger partial charge < -0.3 is 9.80 Å². The van der Waals surface area contributed by atoms with Crippen LogP contribution >= 0.6 is 0 Å². The number of benzene rings is 2. The van der Waals surface area contributed by atoms with Crippen molar-refractivity contribution in [2.75, 3.05) is 11.4 Å². The van der Waals surface area contributed by atoms with Crippen LogP contribution in [0.4, 0.5) is 5.69 Å². The molecule has 6 rings (SSSR count). The molecule has 36 heavy (non-hydrogen) atoms. The Bertz CT molecular complexity index is 1430. The summed E-state index contributed by atoms with van der Waals surface area (Å²) in [6, 6.07) is 12.5. The van der Waals surface area contributed by atoms with Crippen molar-refractivity contribution >= 4 is 29.3 Å². The molecule has 3 aliphatic heterocycles. The highest BCUT2D eigenvalue weighted by Crippen LogP contribution is 2.38. The normalized spacial score (nSPS) is 21.3. The smallest absolute Gasteiger partial charge is 0.255 e. The van der Waals surface area contributed by atoms with Gasteiger partial charge in [-0.25, -0.2) is 4.68 Å². The van der Waals surface area contributed by atoms with Crippen LogP contribution in [0, 0.1) is 0 Å². The maximum Gasteiger partial charge on any atom is 0.255 e. The summed E-state index contributed by atoms with van der Waals surface area (Å²) in [5.74, 6) is -0.964. The number of carbonyl (C=O) groups excluding carboxylic acids is 4. The van der Waals surface area contributed by atoms with Crippen molar-refractivity contribution < 1.29 is 19.2 Å². The standard InChI is InChI=1S/C26H24N6O4/c1-15(33)30-12-11-22(18-5-2-3-8-21(18)30)32-14-20(28-29-32)16-6-4-7-17-19(16)13-31(26(17)36)23-9-10-24(34)27-25(23)35/h2-8,14,22-23H,9-13H2,1H3,(H,27,34,35). The second-order valence-corrected chi connectivity index (χ2v) is 9.35. The van der Waals surface area contributed by atoms with Gasteiger partial charge in [-0.3, -0.25) is 24.5 Å². The lowest BCUT2D eigenvalue weighted by molar-refractivity contribution is -0.137. The van der Waals surface area contributed by atoms with Crippen molar-refractivity contribution in [3.05, 3.63) is 65.4 Å². The molecule has 1 aromatic heterocycles. The van der Waals surface area contributed by atoms with Crippen LogP contribution in [0.15, 0.2) is 48.7 Å². The maximum atomic E-state index is 13.2. The minimum atomic E-state index is -0.672. The molecule has 2 unspecified atom stereocenters. The zero-order valence-electron chi connectivity index (χ0n) is 19.7. The summed E-state index contributed by atoms with van der Waals surface area (Å²) in [5.41, 5.74) is 4.64. The van der Waals surface area contributed by atoms with Crippen molar-refractivity contribution in [2.45, 2.75) is 44.8 Å². The molecule has 0 spiro atoms. The van der Waals surface area contributed by atoms with Gasteiger partial charge in [0.25, 0.3) is 5.91 Å². The van der Waals surface area contributed by atoms with Crippen LogP contribution in [0.2, 0.25) is 0 Å². The first-order valence-corrected chi connectivity index (χ1v) is 12.0. The van der Waals surface area contributed by atoms with E-state index in [9.17, 15) is 19.2 Å². The summed E-state index contributed by atoms with van der Waals surface area (Å²) in [6.07, 6.45) is 3.10. The van der Waals surface area contributed by atoms with Gasteiger partial charge in [0.1, 0.15) is 11.7 Å². The molecule has 0 aliphatic carbocycles. The Hall–Kier alpha value is -4.34. The molecule has 1 fully saturated rings. The molecule has 10 nitrogen and oxygen atoms in total. The van der Waals surface area contributed by atoms with Gasteiger partial charge >= 0.3 is 0 Å². The molecule has 3 aromatic rings. The topological polar surface area (TPSA) is 118 Å². The fourth-order valence-corrected chi connectivity index (χ4v) is 5.52. The second kappa shape index (κ2) is 8.40. The van der Waals surface area contributed by atoms with Crippen LogP contribution < -0.4 is 10.2 Å². The molecule has 0 radical (unpaired) electrons. The molecule has 2 aromatic carbocycles. The second-order valence-electron chi connectivity index (χ2n) is 9.35. The Labute approximate surface area is 206 Å². The zero-order valence-corrected chi connectivity index (χ0v) is 19.7. The largest absolute Gasteiger partial charge is 0.322 e. The van der Waals surface area contributed by atoms with Gasteiger partial charge in [-0.05, 0) is 30.5 Å². The number of piperidine rings is 1. The average molecular weight is 485 g/mol. The Balaban J connectivity index is 1.31. The number of hydrogen-bond donors (Lipinski definition) is 1. The van der Waals surface area contributed by atoms with Gasteiger partial charge in [-0.2, -0.15) is 0 Å². The van der Waals surface area contributed by atoms with E-state index >= 15 is 0 Å². The number of amides is 4. The number of nitrogens with one attached hydrogen (secondary N) is 1. The minimum Gasteiger partial charge on any atom is -0.322 e. The number of carbonyl (C=O) groups is 4. The van der Waals surface area contributed by atoms with E-state index in [2.05, 4.69) is 15.6 Å². The molecule has 1 saturated heterocycles. The van der Waals surface area contributed by atoms with Crippen LogP contribution in [0.5, 0.6) is 0 Å². The number of aromatic nitrogens is 3. The van der Waals surface area contributed by atoms with Crippen LogP contribution in [0.25, 0.3) is 11.3 Å². The van der Waals surface area contributed by atoms with Crippen molar-refractivity contribution in [3.8, 4) is 11.3 Å². The average Bonchev–Trinajstić information content (AvgIpc) is 3.48. The molecular formula is C26H24N6O4. The van der Waals surface area contributed by atoms with E-state index < -0.39 is 11.9 Å². The van der Waals surface area contributed by atoms with E-state index in [1.54, 1.807) is 24.0 Å². The van der Waals surface area contributed by atoms with Crippen molar-refractivity contribution in [2.24, 2.45) is 0 Å². The maximum absolute atomic E-state index is 13.2. The van der Waals surface area contributed by atoms with Gasteiger partial charge in [0.15, 0.2) is 0 Å². The number of anilines is 1. The molecule has 0 saturated carbocycles. The third-order valence-corrected chi connectivity index (χ3v) is 7.28. The predicted octanol–water partition coefficient (Wildman–Crippen LogP) is 2.05. The number of nitrogens with zero attached hydrogens (tertiary/aromatic N) is 5. The molecule has 2 atom stereocenters. The van der Waals surface area contributed by atoms with E-state index in [1.807, 2.05) is 41.2 Å². The number of fused-ring (bicyclic) bond motifs is 2. The highest BCUT2D eigenvalue weighted by atomic mass is 16.2. The molecule has 1 N–H and O–H groups in total. The summed E-state index contributed by atoms with van der Waals surface area (Å²) in [7, 11) is 0. The Morgan fingerprint density at radius 2 is 1.81 bits per heavy atom. The third-order valence-electron chi connectivity index (χ3n) is 7.28. The molecule has 182 valence electrons. The zero-order chi connectivity index (χ0) is 25.0. The van der Waals surface area contributed by atoms with Crippen molar-refractivity contribution in [1.29, 1.82) is 0 Å². The van der Waals surface area contributed by atoms with Crippen LogP contribution in [0.3, 0.4) is 0 Å². The van der Waals surface area contributed by atoms with E-state index in [0.717, 1.165) is 22.4 Å². The fraction of sp³-hybridized carbons (Fsp3) is 0.308. The molecule has 4 amide bonds. The van der Waals surface area contributed by atoms with Gasteiger partial charge in [-0.1, -0.05) is 35.5 Å². The van der Waals surface area contributed by atoms with Crippen molar-refractivity contribution in [1.82, 2.24) is 25.2 Å². The molecular weight excluding hydrogens is 460 g/mol. The summed E-state index contributed by atoms with van der Waals surface area (Å²) >= 11 is 0. The SMILES string of the molecule is CC(=O)N1CCC(n2cc(-c3cccc4c3CN(C3CCC(=O)NC3=O)C4=O)nn2)c2ccccc21. The summed E-state index contributed by atoms with van der Waals surface area (Å²) < 4.78 is 1.82. The van der Waals surface area contributed by atoms with Crippen LogP contribution in [0.1, 0.15) is 53.7 Å². The monoisotopic (exact) mass is 484 g/mol. The highest BCUT2D eigenvalue weighted by molar-refractivity contribution is 6.06. The lowest BCUT2D eigenvalue weighted by atomic mass is 9.96. The number of rotatable bonds is 3. The number of hydrogen-bond acceptors (Lipinski definition) is 6. The molecule has 4 heterocycles. The van der Waals surface area contributed by atoms with E-state index in [0.29, 0.717) is 30.6 Å². The van der Waals surface area contributed by atoms with Gasteiger partial charge in [0, 0.05) is 48.8 Å². The van der Waals surface area contributed by atoms with Gasteiger partial charge in [0.05, 0.1) is 12.2 Å². The van der Waals surface area contributed by atoms with Gasteiger partial charge in [-0.15, -0.1) is 5.10 Å². The minimum absolute atomic E-state index is 0.00487. The third kappa shape index (κ3) is 3.48. The molecule has 10 heteroatoms. The van der Waals surface area contributed by atoms with Gasteiger partial charge in [0.2, 0.25) is 17.7 Å². The van der Waals surface area contributed by atoms with Crippen LogP contribution in [-0.2, 0) is 20.9 Å². The number of imide groups is 1. The summed E-state index contributed by atoms with van der Waals surface area (Å²) in [5, 5.41) is 11.2. The van der Waals surface area contributed by atoms with E-state index in [1.165, 1.54) is 4.90 Å². The lowest BCUT2D eigenvalue weighted by Crippen LogP contribution is -2.52. The lowest BCUT2D eigenvalue weighted by Gasteiger charge is -2.33. The quantitative estimate of drug-likeness (QED) is 0.569.